The number of rotatable bonds is 6. The van der Waals surface area contributed by atoms with Crippen molar-refractivity contribution < 1.29 is 13.7 Å². The van der Waals surface area contributed by atoms with E-state index in [1.807, 2.05) is 64.2 Å². The van der Waals surface area contributed by atoms with E-state index >= 15 is 0 Å². The molecule has 2 heterocycles. The van der Waals surface area contributed by atoms with E-state index in [1.54, 1.807) is 6.07 Å². The summed E-state index contributed by atoms with van der Waals surface area (Å²) in [5.74, 6) is 1.15. The average molecular weight is 367 g/mol. The predicted octanol–water partition coefficient (Wildman–Crippen LogP) is 3.96. The van der Waals surface area contributed by atoms with Crippen molar-refractivity contribution >= 4 is 5.91 Å². The highest BCUT2D eigenvalue weighted by molar-refractivity contribution is 5.90. The van der Waals surface area contributed by atoms with E-state index in [9.17, 15) is 4.79 Å². The Morgan fingerprint density at radius 3 is 2.48 bits per heavy atom. The summed E-state index contributed by atoms with van der Waals surface area (Å²) in [5, 5.41) is 4.16. The first-order valence-electron chi connectivity index (χ1n) is 8.86. The normalized spacial score (nSPS) is 11.9. The molecule has 3 aromatic rings. The van der Waals surface area contributed by atoms with Gasteiger partial charge in [0.25, 0.3) is 5.91 Å². The van der Waals surface area contributed by atoms with Gasteiger partial charge in [0, 0.05) is 35.7 Å². The van der Waals surface area contributed by atoms with Crippen molar-refractivity contribution in [2.75, 3.05) is 7.05 Å². The van der Waals surface area contributed by atoms with Crippen LogP contribution in [0.5, 0.6) is 0 Å². The number of furan rings is 1. The van der Waals surface area contributed by atoms with E-state index < -0.39 is 5.91 Å². The van der Waals surface area contributed by atoms with Crippen molar-refractivity contribution in [2.24, 2.45) is 5.73 Å². The van der Waals surface area contributed by atoms with Gasteiger partial charge in [0.15, 0.2) is 11.5 Å². The van der Waals surface area contributed by atoms with Crippen LogP contribution < -0.4 is 5.73 Å². The van der Waals surface area contributed by atoms with Gasteiger partial charge in [-0.05, 0) is 13.1 Å². The summed E-state index contributed by atoms with van der Waals surface area (Å²) in [7, 11) is 1.99. The summed E-state index contributed by atoms with van der Waals surface area (Å²) in [6, 6.07) is 13.5. The highest BCUT2D eigenvalue weighted by atomic mass is 16.5. The fourth-order valence-electron chi connectivity index (χ4n) is 3.05. The molecule has 2 aromatic heterocycles. The van der Waals surface area contributed by atoms with Gasteiger partial charge >= 0.3 is 0 Å². The quantitative estimate of drug-likeness (QED) is 0.713. The second kappa shape index (κ2) is 7.40. The molecule has 0 aliphatic heterocycles. The topological polar surface area (TPSA) is 85.5 Å². The SMILES string of the molecule is CN(Cc1cc(-c2ccccc2)on1)Cc1cc(C(N)=O)oc1C(C)(C)C. The van der Waals surface area contributed by atoms with E-state index in [1.165, 1.54) is 0 Å². The molecule has 6 nitrogen and oxygen atoms in total. The molecule has 0 bridgehead atoms. The number of carbonyl (C=O) groups excluding carboxylic acids is 1. The van der Waals surface area contributed by atoms with Crippen LogP contribution in [-0.4, -0.2) is 23.0 Å². The third kappa shape index (κ3) is 4.46. The van der Waals surface area contributed by atoms with E-state index in [0.717, 1.165) is 28.3 Å². The predicted molar refractivity (Wildman–Crippen MR) is 103 cm³/mol. The molecule has 0 spiro atoms. The van der Waals surface area contributed by atoms with Gasteiger partial charge in [-0.2, -0.15) is 0 Å². The minimum absolute atomic E-state index is 0.191. The van der Waals surface area contributed by atoms with Crippen LogP contribution in [0.15, 0.2) is 51.4 Å². The Hall–Kier alpha value is -2.86. The minimum Gasteiger partial charge on any atom is -0.455 e. The lowest BCUT2D eigenvalue weighted by atomic mass is 9.90. The first-order chi connectivity index (χ1) is 12.7. The Morgan fingerprint density at radius 2 is 1.85 bits per heavy atom. The second-order valence-electron chi connectivity index (χ2n) is 7.80. The summed E-state index contributed by atoms with van der Waals surface area (Å²) < 4.78 is 11.2. The lowest BCUT2D eigenvalue weighted by molar-refractivity contribution is 0.0970. The maximum atomic E-state index is 11.5. The molecule has 0 saturated heterocycles. The van der Waals surface area contributed by atoms with Gasteiger partial charge in [-0.1, -0.05) is 56.3 Å². The third-order valence-electron chi connectivity index (χ3n) is 4.22. The molecule has 0 aliphatic carbocycles. The van der Waals surface area contributed by atoms with Crippen LogP contribution in [0.1, 0.15) is 48.3 Å². The Bertz CT molecular complexity index is 920. The van der Waals surface area contributed by atoms with Gasteiger partial charge in [-0.15, -0.1) is 0 Å². The molecule has 2 N–H and O–H groups in total. The maximum Gasteiger partial charge on any atom is 0.284 e. The van der Waals surface area contributed by atoms with Crippen LogP contribution in [0.3, 0.4) is 0 Å². The van der Waals surface area contributed by atoms with E-state index in [0.29, 0.717) is 13.1 Å². The summed E-state index contributed by atoms with van der Waals surface area (Å²) in [6.07, 6.45) is 0. The Kier molecular flexibility index (Phi) is 5.19. The minimum atomic E-state index is -0.557. The number of hydrogen-bond donors (Lipinski definition) is 1. The molecular weight excluding hydrogens is 342 g/mol. The van der Waals surface area contributed by atoms with Crippen LogP contribution in [-0.2, 0) is 18.5 Å². The van der Waals surface area contributed by atoms with Crippen LogP contribution >= 0.6 is 0 Å². The first kappa shape index (κ1) is 18.9. The van der Waals surface area contributed by atoms with Crippen LogP contribution in [0.4, 0.5) is 0 Å². The number of hydrogen-bond acceptors (Lipinski definition) is 5. The molecule has 0 unspecified atom stereocenters. The van der Waals surface area contributed by atoms with Crippen molar-refractivity contribution in [3.63, 3.8) is 0 Å². The zero-order valence-electron chi connectivity index (χ0n) is 16.2. The molecule has 6 heteroatoms. The molecule has 0 saturated carbocycles. The smallest absolute Gasteiger partial charge is 0.284 e. The zero-order valence-corrected chi connectivity index (χ0v) is 16.2. The van der Waals surface area contributed by atoms with Gasteiger partial charge in [-0.25, -0.2) is 0 Å². The highest BCUT2D eigenvalue weighted by Gasteiger charge is 2.26. The van der Waals surface area contributed by atoms with Crippen LogP contribution in [0.2, 0.25) is 0 Å². The van der Waals surface area contributed by atoms with Gasteiger partial charge in [0.1, 0.15) is 5.76 Å². The molecule has 27 heavy (non-hydrogen) atoms. The van der Waals surface area contributed by atoms with Crippen molar-refractivity contribution in [2.45, 2.75) is 39.3 Å². The Morgan fingerprint density at radius 1 is 1.15 bits per heavy atom. The fraction of sp³-hybridized carbons (Fsp3) is 0.333. The number of nitrogens with two attached hydrogens (primary N) is 1. The molecule has 0 atom stereocenters. The van der Waals surface area contributed by atoms with Gasteiger partial charge < -0.3 is 14.7 Å². The number of amides is 1. The van der Waals surface area contributed by atoms with Crippen LogP contribution in [0.25, 0.3) is 11.3 Å². The summed E-state index contributed by atoms with van der Waals surface area (Å²) in [5.41, 5.74) is 7.94. The zero-order chi connectivity index (χ0) is 19.6. The fourth-order valence-corrected chi connectivity index (χ4v) is 3.05. The maximum absolute atomic E-state index is 11.5. The Labute approximate surface area is 158 Å². The van der Waals surface area contributed by atoms with Crippen molar-refractivity contribution in [3.8, 4) is 11.3 Å². The average Bonchev–Trinajstić information content (AvgIpc) is 3.22. The van der Waals surface area contributed by atoms with Crippen LogP contribution in [0, 0.1) is 0 Å². The molecule has 0 radical (unpaired) electrons. The summed E-state index contributed by atoms with van der Waals surface area (Å²) in [6.45, 7) is 7.35. The molecule has 0 fully saturated rings. The van der Waals surface area contributed by atoms with Crippen molar-refractivity contribution in [3.05, 3.63) is 65.2 Å². The van der Waals surface area contributed by atoms with Gasteiger partial charge in [0.2, 0.25) is 0 Å². The molecule has 1 amide bonds. The summed E-state index contributed by atoms with van der Waals surface area (Å²) >= 11 is 0. The molecular formula is C21H25N3O3. The monoisotopic (exact) mass is 367 g/mol. The standard InChI is InChI=1S/C21H25N3O3/c1-21(2,3)19-15(10-18(26-19)20(22)25)12-24(4)13-16-11-17(27-23-16)14-8-6-5-7-9-14/h5-11H,12-13H2,1-4H3,(H2,22,25). The Balaban J connectivity index is 1.74. The number of primary amides is 1. The highest BCUT2D eigenvalue weighted by Crippen LogP contribution is 2.30. The molecule has 142 valence electrons. The van der Waals surface area contributed by atoms with E-state index in [2.05, 4.69) is 10.1 Å². The van der Waals surface area contributed by atoms with Crippen molar-refractivity contribution in [1.29, 1.82) is 0 Å². The molecule has 1 aromatic carbocycles. The van der Waals surface area contributed by atoms with Gasteiger partial charge in [0.05, 0.1) is 5.69 Å². The molecule has 0 aliphatic rings. The van der Waals surface area contributed by atoms with E-state index in [-0.39, 0.29) is 11.2 Å². The molecule has 3 rings (SSSR count). The first-order valence-corrected chi connectivity index (χ1v) is 8.86. The van der Waals surface area contributed by atoms with Gasteiger partial charge in [-0.3, -0.25) is 9.69 Å². The lowest BCUT2D eigenvalue weighted by Crippen LogP contribution is -2.20. The second-order valence-corrected chi connectivity index (χ2v) is 7.80. The number of aromatic nitrogens is 1. The largest absolute Gasteiger partial charge is 0.455 e. The summed E-state index contributed by atoms with van der Waals surface area (Å²) in [4.78, 5) is 13.6. The number of carbonyl (C=O) groups is 1. The third-order valence-corrected chi connectivity index (χ3v) is 4.22. The lowest BCUT2D eigenvalue weighted by Gasteiger charge is -2.20. The number of nitrogens with zero attached hydrogens (tertiary/aromatic N) is 2. The van der Waals surface area contributed by atoms with E-state index in [4.69, 9.17) is 14.7 Å². The number of benzene rings is 1. The van der Waals surface area contributed by atoms with Crippen molar-refractivity contribution in [1.82, 2.24) is 10.1 Å².